The van der Waals surface area contributed by atoms with Crippen molar-refractivity contribution in [3.05, 3.63) is 30.3 Å². The second-order valence-corrected chi connectivity index (χ2v) is 5.95. The van der Waals surface area contributed by atoms with Crippen LogP contribution in [0.1, 0.15) is 6.92 Å². The maximum atomic E-state index is 12.4. The number of rotatable bonds is 6. The fourth-order valence-corrected chi connectivity index (χ4v) is 2.38. The molecule has 0 aromatic heterocycles. The Balaban J connectivity index is 2.82. The predicted molar refractivity (Wildman–Crippen MR) is 66.0 cm³/mol. The highest BCUT2D eigenvalue weighted by molar-refractivity contribution is 7.51. The van der Waals surface area contributed by atoms with Gasteiger partial charge in [0.25, 0.3) is 0 Å². The molecule has 0 amide bonds. The minimum Gasteiger partial charge on any atom is -0.413 e. The van der Waals surface area contributed by atoms with E-state index in [2.05, 4.69) is 0 Å². The third-order valence-corrected chi connectivity index (χ3v) is 4.07. The summed E-state index contributed by atoms with van der Waals surface area (Å²) in [7, 11) is -0.203. The maximum absolute atomic E-state index is 12.4. The summed E-state index contributed by atoms with van der Waals surface area (Å²) in [5.41, 5.74) is 0. The van der Waals surface area contributed by atoms with E-state index in [0.29, 0.717) is 5.75 Å². The second kappa shape index (κ2) is 6.17. The van der Waals surface area contributed by atoms with Gasteiger partial charge in [0, 0.05) is 0 Å². The Kier molecular flexibility index (Phi) is 5.15. The van der Waals surface area contributed by atoms with Gasteiger partial charge in [0.15, 0.2) is 0 Å². The average Bonchev–Trinajstić information content (AvgIpc) is 2.29. The number of aliphatic hydroxyl groups is 1. The van der Waals surface area contributed by atoms with Crippen LogP contribution in [0.5, 0.6) is 5.75 Å². The van der Waals surface area contributed by atoms with Crippen molar-refractivity contribution in [1.29, 1.82) is 0 Å². The zero-order valence-corrected chi connectivity index (χ0v) is 11.1. The molecule has 0 aliphatic rings. The first kappa shape index (κ1) is 14.2. The van der Waals surface area contributed by atoms with Gasteiger partial charge in [0.05, 0.1) is 12.7 Å². The number of para-hydroxylation sites is 1. The van der Waals surface area contributed by atoms with Gasteiger partial charge in [-0.1, -0.05) is 18.2 Å². The van der Waals surface area contributed by atoms with Gasteiger partial charge in [-0.2, -0.15) is 0 Å². The highest BCUT2D eigenvalue weighted by atomic mass is 31.2. The molecule has 0 saturated heterocycles. The summed E-state index contributed by atoms with van der Waals surface area (Å²) in [4.78, 5) is 0. The zero-order chi connectivity index (χ0) is 12.9. The fraction of sp³-hybridized carbons (Fsp3) is 0.455. The molecule has 0 spiro atoms. The first-order valence-electron chi connectivity index (χ1n) is 5.29. The topological polar surface area (TPSA) is 59.0 Å². The molecule has 2 atom stereocenters. The van der Waals surface area contributed by atoms with Crippen molar-refractivity contribution in [3.63, 3.8) is 0 Å². The van der Waals surface area contributed by atoms with Crippen molar-refractivity contribution in [1.82, 2.24) is 4.67 Å². The molecule has 1 N–H and O–H groups in total. The number of hydrogen-bond donors (Lipinski definition) is 1. The molecule has 0 radical (unpaired) electrons. The molecule has 17 heavy (non-hydrogen) atoms. The molecule has 5 nitrogen and oxygen atoms in total. The lowest BCUT2D eigenvalue weighted by molar-refractivity contribution is 0.105. The van der Waals surface area contributed by atoms with E-state index in [1.165, 1.54) is 4.67 Å². The first-order valence-corrected chi connectivity index (χ1v) is 6.79. The summed E-state index contributed by atoms with van der Waals surface area (Å²) in [6, 6.07) is 8.80. The Morgan fingerprint density at radius 2 is 1.94 bits per heavy atom. The summed E-state index contributed by atoms with van der Waals surface area (Å²) < 4.78 is 24.4. The van der Waals surface area contributed by atoms with Crippen LogP contribution < -0.4 is 4.52 Å². The molecule has 0 aliphatic carbocycles. The Morgan fingerprint density at radius 3 is 2.41 bits per heavy atom. The fourth-order valence-electron chi connectivity index (χ4n) is 1.07. The molecule has 0 heterocycles. The van der Waals surface area contributed by atoms with Crippen LogP contribution in [0, 0.1) is 0 Å². The highest BCUT2D eigenvalue weighted by Crippen LogP contribution is 2.50. The second-order valence-electron chi connectivity index (χ2n) is 3.82. The summed E-state index contributed by atoms with van der Waals surface area (Å²) >= 11 is 0. The Morgan fingerprint density at radius 1 is 1.35 bits per heavy atom. The van der Waals surface area contributed by atoms with Crippen LogP contribution in [-0.4, -0.2) is 36.6 Å². The molecule has 2 unspecified atom stereocenters. The molecular formula is C11H18NO4P. The van der Waals surface area contributed by atoms with E-state index in [-0.39, 0.29) is 6.61 Å². The van der Waals surface area contributed by atoms with Gasteiger partial charge in [0.1, 0.15) is 5.75 Å². The monoisotopic (exact) mass is 259 g/mol. The molecular weight excluding hydrogens is 241 g/mol. The van der Waals surface area contributed by atoms with E-state index < -0.39 is 13.9 Å². The summed E-state index contributed by atoms with van der Waals surface area (Å²) in [5.74, 6) is 0.467. The number of aliphatic hydroxyl groups excluding tert-OH is 1. The Labute approximate surface area is 102 Å². The predicted octanol–water partition coefficient (Wildman–Crippen LogP) is 2.13. The molecule has 1 aromatic carbocycles. The van der Waals surface area contributed by atoms with E-state index in [1.807, 2.05) is 6.07 Å². The average molecular weight is 259 g/mol. The summed E-state index contributed by atoms with van der Waals surface area (Å²) in [6.07, 6.45) is -0.549. The van der Waals surface area contributed by atoms with Gasteiger partial charge >= 0.3 is 7.75 Å². The first-order chi connectivity index (χ1) is 7.98. The molecule has 0 fully saturated rings. The minimum atomic E-state index is -3.41. The van der Waals surface area contributed by atoms with Crippen LogP contribution >= 0.6 is 7.75 Å². The van der Waals surface area contributed by atoms with Gasteiger partial charge in [-0.05, 0) is 33.2 Å². The van der Waals surface area contributed by atoms with Crippen molar-refractivity contribution in [2.75, 3.05) is 20.7 Å². The van der Waals surface area contributed by atoms with Crippen molar-refractivity contribution in [2.45, 2.75) is 13.0 Å². The van der Waals surface area contributed by atoms with Crippen LogP contribution in [0.3, 0.4) is 0 Å². The highest BCUT2D eigenvalue weighted by Gasteiger charge is 2.32. The lowest BCUT2D eigenvalue weighted by atomic mass is 10.3. The number of benzene rings is 1. The zero-order valence-electron chi connectivity index (χ0n) is 10.2. The molecule has 0 bridgehead atoms. The minimum absolute atomic E-state index is 0.212. The maximum Gasteiger partial charge on any atom is 0.461 e. The standard InChI is InChI=1S/C11H18NO4P/c1-10(9-13)15-17(14,12(2)3)16-11-7-5-4-6-8-11/h4-8,10,13H,9H2,1-3H3. The van der Waals surface area contributed by atoms with E-state index >= 15 is 0 Å². The third-order valence-electron chi connectivity index (χ3n) is 2.02. The van der Waals surface area contributed by atoms with Gasteiger partial charge in [-0.15, -0.1) is 0 Å². The van der Waals surface area contributed by atoms with Crippen molar-refractivity contribution < 1.29 is 18.7 Å². The van der Waals surface area contributed by atoms with Crippen molar-refractivity contribution in [3.8, 4) is 5.75 Å². The van der Waals surface area contributed by atoms with E-state index in [4.69, 9.17) is 14.2 Å². The largest absolute Gasteiger partial charge is 0.461 e. The quantitative estimate of drug-likeness (QED) is 0.793. The van der Waals surface area contributed by atoms with E-state index in [9.17, 15) is 4.57 Å². The number of nitrogens with zero attached hydrogens (tertiary/aromatic N) is 1. The molecule has 6 heteroatoms. The summed E-state index contributed by atoms with van der Waals surface area (Å²) in [5, 5.41) is 8.93. The van der Waals surface area contributed by atoms with E-state index in [1.54, 1.807) is 45.3 Å². The third kappa shape index (κ3) is 4.13. The van der Waals surface area contributed by atoms with Gasteiger partial charge in [-0.3, -0.25) is 4.52 Å². The molecule has 0 saturated carbocycles. The smallest absolute Gasteiger partial charge is 0.413 e. The lowest BCUT2D eigenvalue weighted by Gasteiger charge is -2.26. The molecule has 1 aromatic rings. The van der Waals surface area contributed by atoms with Crippen LogP contribution in [0.25, 0.3) is 0 Å². The Hall–Kier alpha value is -0.870. The SMILES string of the molecule is CC(CO)OP(=O)(Oc1ccccc1)N(C)C. The van der Waals surface area contributed by atoms with E-state index in [0.717, 1.165) is 0 Å². The molecule has 96 valence electrons. The van der Waals surface area contributed by atoms with Crippen LogP contribution in [0.2, 0.25) is 0 Å². The van der Waals surface area contributed by atoms with Gasteiger partial charge in [-0.25, -0.2) is 9.24 Å². The van der Waals surface area contributed by atoms with Gasteiger partial charge in [0.2, 0.25) is 0 Å². The van der Waals surface area contributed by atoms with Crippen LogP contribution in [0.4, 0.5) is 0 Å². The molecule has 0 aliphatic heterocycles. The summed E-state index contributed by atoms with van der Waals surface area (Å²) in [6.45, 7) is 1.42. The van der Waals surface area contributed by atoms with Gasteiger partial charge < -0.3 is 9.63 Å². The lowest BCUT2D eigenvalue weighted by Crippen LogP contribution is -2.21. The number of hydrogen-bond acceptors (Lipinski definition) is 4. The Bertz CT molecular complexity index is 382. The van der Waals surface area contributed by atoms with Crippen LogP contribution in [0.15, 0.2) is 30.3 Å². The van der Waals surface area contributed by atoms with Crippen LogP contribution in [-0.2, 0) is 9.09 Å². The van der Waals surface area contributed by atoms with Crippen molar-refractivity contribution in [2.24, 2.45) is 0 Å². The molecule has 1 rings (SSSR count). The van der Waals surface area contributed by atoms with Crippen molar-refractivity contribution >= 4 is 7.75 Å². The normalized spacial score (nSPS) is 16.5.